The zero-order valence-corrected chi connectivity index (χ0v) is 26.5. The van der Waals surface area contributed by atoms with E-state index in [-0.39, 0.29) is 39.6 Å². The summed E-state index contributed by atoms with van der Waals surface area (Å²) in [6, 6.07) is 25.6. The van der Waals surface area contributed by atoms with E-state index >= 15 is 0 Å². The molecule has 0 heterocycles. The third-order valence-electron chi connectivity index (χ3n) is 6.78. The molecule has 0 fully saturated rings. The van der Waals surface area contributed by atoms with E-state index in [4.69, 9.17) is 23.2 Å². The lowest BCUT2D eigenvalue weighted by atomic mass is 10.0. The van der Waals surface area contributed by atoms with Crippen LogP contribution >= 0.6 is 23.2 Å². The minimum Gasteiger partial charge on any atom is -0.352 e. The fourth-order valence-corrected chi connectivity index (χ4v) is 6.53. The predicted molar refractivity (Wildman–Crippen MR) is 172 cm³/mol. The monoisotopic (exact) mass is 655 g/mol. The summed E-state index contributed by atoms with van der Waals surface area (Å²) in [6.07, 6.45) is 0.148. The van der Waals surface area contributed by atoms with Crippen LogP contribution < -0.4 is 9.62 Å². The van der Waals surface area contributed by atoms with Crippen molar-refractivity contribution in [1.82, 2.24) is 10.2 Å². The summed E-state index contributed by atoms with van der Waals surface area (Å²) in [5.74, 6) is -1.55. The lowest BCUT2D eigenvalue weighted by molar-refractivity contribution is -0.140. The average Bonchev–Trinajstić information content (AvgIpc) is 3.00. The largest absolute Gasteiger partial charge is 0.352 e. The van der Waals surface area contributed by atoms with Gasteiger partial charge in [-0.25, -0.2) is 12.8 Å². The van der Waals surface area contributed by atoms with Gasteiger partial charge in [-0.1, -0.05) is 89.9 Å². The van der Waals surface area contributed by atoms with E-state index in [0.717, 1.165) is 9.87 Å². The molecular weight excluding hydrogens is 624 g/mol. The van der Waals surface area contributed by atoms with E-state index in [1.54, 1.807) is 32.0 Å². The maximum atomic E-state index is 14.4. The maximum Gasteiger partial charge on any atom is 0.264 e. The van der Waals surface area contributed by atoms with E-state index in [9.17, 15) is 22.4 Å². The van der Waals surface area contributed by atoms with Crippen molar-refractivity contribution in [2.24, 2.45) is 0 Å². The second kappa shape index (κ2) is 14.7. The topological polar surface area (TPSA) is 86.8 Å². The number of rotatable bonds is 12. The summed E-state index contributed by atoms with van der Waals surface area (Å²) in [5.41, 5.74) is 1.35. The Balaban J connectivity index is 1.82. The van der Waals surface area contributed by atoms with Crippen molar-refractivity contribution in [3.63, 3.8) is 0 Å². The Bertz CT molecular complexity index is 1690. The molecule has 0 radical (unpaired) electrons. The summed E-state index contributed by atoms with van der Waals surface area (Å²) in [6.45, 7) is 2.82. The zero-order chi connectivity index (χ0) is 31.9. The molecule has 230 valence electrons. The number of carbonyl (C=O) groups excluding carboxylic acids is 2. The molecule has 1 N–H and O–H groups in total. The van der Waals surface area contributed by atoms with Crippen molar-refractivity contribution >= 4 is 50.7 Å². The van der Waals surface area contributed by atoms with Crippen molar-refractivity contribution < 1.29 is 22.4 Å². The highest BCUT2D eigenvalue weighted by atomic mass is 35.5. The molecule has 0 aliphatic heterocycles. The number of carbonyl (C=O) groups is 2. The number of sulfonamides is 1. The molecule has 4 aromatic rings. The molecule has 0 saturated carbocycles. The van der Waals surface area contributed by atoms with E-state index in [1.807, 2.05) is 30.3 Å². The van der Waals surface area contributed by atoms with Crippen LogP contribution in [0.1, 0.15) is 25.0 Å². The van der Waals surface area contributed by atoms with Crippen LogP contribution in [-0.2, 0) is 32.6 Å². The molecule has 11 heteroatoms. The van der Waals surface area contributed by atoms with E-state index < -0.39 is 40.2 Å². The Morgan fingerprint density at radius 2 is 1.43 bits per heavy atom. The molecule has 0 spiro atoms. The van der Waals surface area contributed by atoms with Gasteiger partial charge in [0.25, 0.3) is 10.0 Å². The lowest BCUT2D eigenvalue weighted by Gasteiger charge is -2.34. The van der Waals surface area contributed by atoms with Crippen LogP contribution in [0, 0.1) is 5.82 Å². The maximum absolute atomic E-state index is 14.4. The predicted octanol–water partition coefficient (Wildman–Crippen LogP) is 6.49. The Kier molecular flexibility index (Phi) is 11.0. The van der Waals surface area contributed by atoms with Crippen LogP contribution in [0.4, 0.5) is 10.1 Å². The Morgan fingerprint density at radius 1 is 0.818 bits per heavy atom. The molecule has 0 aliphatic rings. The second-order valence-electron chi connectivity index (χ2n) is 10.4. The highest BCUT2D eigenvalue weighted by Gasteiger charge is 2.35. The van der Waals surface area contributed by atoms with Crippen LogP contribution in [0.2, 0.25) is 10.0 Å². The highest BCUT2D eigenvalue weighted by molar-refractivity contribution is 7.92. The molecule has 1 atom stereocenters. The van der Waals surface area contributed by atoms with Crippen molar-refractivity contribution in [3.8, 4) is 0 Å². The number of amides is 2. The van der Waals surface area contributed by atoms with Gasteiger partial charge in [-0.3, -0.25) is 13.9 Å². The van der Waals surface area contributed by atoms with Gasteiger partial charge >= 0.3 is 0 Å². The molecular formula is C33H32Cl2FN3O4S. The van der Waals surface area contributed by atoms with E-state index in [0.29, 0.717) is 5.56 Å². The van der Waals surface area contributed by atoms with Gasteiger partial charge < -0.3 is 10.2 Å². The van der Waals surface area contributed by atoms with Crippen LogP contribution in [0.5, 0.6) is 0 Å². The van der Waals surface area contributed by atoms with Crippen molar-refractivity contribution in [3.05, 3.63) is 130 Å². The summed E-state index contributed by atoms with van der Waals surface area (Å²) < 4.78 is 42.7. The number of anilines is 1. The van der Waals surface area contributed by atoms with E-state index in [1.165, 1.54) is 59.5 Å². The normalized spacial score (nSPS) is 12.0. The Labute approximate surface area is 267 Å². The highest BCUT2D eigenvalue weighted by Crippen LogP contribution is 2.35. The van der Waals surface area contributed by atoms with Crippen LogP contribution in [0.25, 0.3) is 0 Å². The van der Waals surface area contributed by atoms with Crippen LogP contribution in [0.15, 0.2) is 108 Å². The molecule has 4 aromatic carbocycles. The first-order valence-corrected chi connectivity index (χ1v) is 16.1. The number of hydrogen-bond acceptors (Lipinski definition) is 4. The van der Waals surface area contributed by atoms with Gasteiger partial charge in [-0.05, 0) is 61.4 Å². The summed E-state index contributed by atoms with van der Waals surface area (Å²) in [4.78, 5) is 29.3. The van der Waals surface area contributed by atoms with Gasteiger partial charge in [0.05, 0.1) is 20.6 Å². The van der Waals surface area contributed by atoms with Gasteiger partial charge in [-0.2, -0.15) is 0 Å². The Hall–Kier alpha value is -3.92. The number of hydrogen-bond donors (Lipinski definition) is 1. The quantitative estimate of drug-likeness (QED) is 0.189. The average molecular weight is 657 g/mol. The SMILES string of the molecule is CC(C)NC(=O)[C@@H](Cc1ccccc1)N(Cc1ccc(F)cc1)C(=O)CN(c1cccc(Cl)c1Cl)S(=O)(=O)c1ccccc1. The van der Waals surface area contributed by atoms with Gasteiger partial charge in [0, 0.05) is 19.0 Å². The molecule has 0 aromatic heterocycles. The molecule has 0 bridgehead atoms. The summed E-state index contributed by atoms with van der Waals surface area (Å²) in [7, 11) is -4.33. The smallest absolute Gasteiger partial charge is 0.264 e. The minimum absolute atomic E-state index is 0.00402. The molecule has 0 aliphatic carbocycles. The second-order valence-corrected chi connectivity index (χ2v) is 13.1. The minimum atomic E-state index is -4.33. The molecule has 2 amide bonds. The standard InChI is InChI=1S/C33H32Cl2FN3O4S/c1-23(2)37-33(41)30(20-24-10-5-3-6-11-24)38(21-25-16-18-26(36)19-17-25)31(40)22-39(29-15-9-14-28(34)32(29)35)44(42,43)27-12-7-4-8-13-27/h3-19,23,30H,20-22H2,1-2H3,(H,37,41)/t30-/m1/s1. The van der Waals surface area contributed by atoms with Crippen molar-refractivity contribution in [1.29, 1.82) is 0 Å². The first kappa shape index (κ1) is 33.0. The Morgan fingerprint density at radius 3 is 2.05 bits per heavy atom. The molecule has 0 unspecified atom stereocenters. The van der Waals surface area contributed by atoms with Crippen molar-refractivity contribution in [2.45, 2.75) is 43.8 Å². The van der Waals surface area contributed by atoms with Gasteiger partial charge in [-0.15, -0.1) is 0 Å². The number of halogens is 3. The lowest BCUT2D eigenvalue weighted by Crippen LogP contribution is -2.54. The van der Waals surface area contributed by atoms with Gasteiger partial charge in [0.2, 0.25) is 11.8 Å². The zero-order valence-electron chi connectivity index (χ0n) is 24.2. The molecule has 4 rings (SSSR count). The number of nitrogens with one attached hydrogen (secondary N) is 1. The first-order chi connectivity index (χ1) is 21.0. The van der Waals surface area contributed by atoms with Gasteiger partial charge in [0.15, 0.2) is 0 Å². The number of nitrogens with zero attached hydrogens (tertiary/aromatic N) is 2. The van der Waals surface area contributed by atoms with Crippen molar-refractivity contribution in [2.75, 3.05) is 10.8 Å². The van der Waals surface area contributed by atoms with Gasteiger partial charge in [0.1, 0.15) is 18.4 Å². The molecule has 0 saturated heterocycles. The van der Waals surface area contributed by atoms with Crippen LogP contribution in [-0.4, -0.2) is 43.8 Å². The van der Waals surface area contributed by atoms with E-state index in [2.05, 4.69) is 5.32 Å². The fourth-order valence-electron chi connectivity index (χ4n) is 4.64. The fraction of sp³-hybridized carbons (Fsp3) is 0.212. The third-order valence-corrected chi connectivity index (χ3v) is 9.36. The number of benzene rings is 4. The molecule has 44 heavy (non-hydrogen) atoms. The van der Waals surface area contributed by atoms with Crippen LogP contribution in [0.3, 0.4) is 0 Å². The molecule has 7 nitrogen and oxygen atoms in total. The summed E-state index contributed by atoms with van der Waals surface area (Å²) in [5, 5.41) is 2.94. The third kappa shape index (κ3) is 8.16. The summed E-state index contributed by atoms with van der Waals surface area (Å²) >= 11 is 12.8. The first-order valence-electron chi connectivity index (χ1n) is 13.9.